The molecular formula is C18H30N2O2. The first-order chi connectivity index (χ1) is 10.5. The fraction of sp³-hybridized carbons (Fsp3) is 0.889. The van der Waals surface area contributed by atoms with Gasteiger partial charge in [-0.25, -0.2) is 0 Å². The Morgan fingerprint density at radius 3 is 2.68 bits per heavy atom. The Hall–Kier alpha value is -1.06. The van der Waals surface area contributed by atoms with Crippen molar-refractivity contribution in [3.8, 4) is 0 Å². The maximum absolute atomic E-state index is 13.0. The molecule has 0 spiro atoms. The van der Waals surface area contributed by atoms with Gasteiger partial charge in [-0.15, -0.1) is 0 Å². The lowest BCUT2D eigenvalue weighted by atomic mass is 9.74. The summed E-state index contributed by atoms with van der Waals surface area (Å²) in [6.45, 7) is 7.93. The molecule has 2 aliphatic heterocycles. The van der Waals surface area contributed by atoms with Crippen LogP contribution in [0.2, 0.25) is 0 Å². The summed E-state index contributed by atoms with van der Waals surface area (Å²) in [7, 11) is 0. The Balaban J connectivity index is 1.68. The average Bonchev–Trinajstić information content (AvgIpc) is 2.87. The lowest BCUT2D eigenvalue weighted by Crippen LogP contribution is -2.52. The van der Waals surface area contributed by atoms with E-state index in [-0.39, 0.29) is 23.8 Å². The number of hydrogen-bond donors (Lipinski definition) is 0. The summed E-state index contributed by atoms with van der Waals surface area (Å²) >= 11 is 0. The zero-order valence-electron chi connectivity index (χ0n) is 14.3. The molecule has 0 radical (unpaired) electrons. The van der Waals surface area contributed by atoms with E-state index in [9.17, 15) is 9.59 Å². The lowest BCUT2D eigenvalue weighted by Gasteiger charge is -2.46. The summed E-state index contributed by atoms with van der Waals surface area (Å²) in [5.74, 6) is 1.80. The fourth-order valence-electron chi connectivity index (χ4n) is 4.80. The van der Waals surface area contributed by atoms with Crippen LogP contribution in [0.3, 0.4) is 0 Å². The first kappa shape index (κ1) is 15.8. The number of fused-ring (bicyclic) bond motifs is 1. The third kappa shape index (κ3) is 2.89. The van der Waals surface area contributed by atoms with Crippen LogP contribution in [0.5, 0.6) is 0 Å². The van der Waals surface area contributed by atoms with E-state index < -0.39 is 0 Å². The van der Waals surface area contributed by atoms with Crippen LogP contribution in [0, 0.1) is 17.8 Å². The van der Waals surface area contributed by atoms with Crippen LogP contribution in [-0.4, -0.2) is 46.8 Å². The largest absolute Gasteiger partial charge is 0.339 e. The van der Waals surface area contributed by atoms with Crippen molar-refractivity contribution in [2.24, 2.45) is 17.8 Å². The molecule has 4 nitrogen and oxygen atoms in total. The van der Waals surface area contributed by atoms with Crippen LogP contribution in [0.25, 0.3) is 0 Å². The molecule has 3 fully saturated rings. The van der Waals surface area contributed by atoms with Crippen molar-refractivity contribution in [1.29, 1.82) is 0 Å². The highest BCUT2D eigenvalue weighted by Crippen LogP contribution is 2.39. The first-order valence-corrected chi connectivity index (χ1v) is 9.07. The van der Waals surface area contributed by atoms with Crippen LogP contribution >= 0.6 is 0 Å². The van der Waals surface area contributed by atoms with Gasteiger partial charge >= 0.3 is 0 Å². The molecule has 0 bridgehead atoms. The molecule has 22 heavy (non-hydrogen) atoms. The number of amides is 2. The molecule has 1 saturated carbocycles. The molecule has 0 aromatic heterocycles. The van der Waals surface area contributed by atoms with Crippen LogP contribution in [-0.2, 0) is 9.59 Å². The molecule has 2 saturated heterocycles. The van der Waals surface area contributed by atoms with Crippen molar-refractivity contribution in [3.63, 3.8) is 0 Å². The summed E-state index contributed by atoms with van der Waals surface area (Å²) < 4.78 is 0. The summed E-state index contributed by atoms with van der Waals surface area (Å²) in [6, 6.07) is 0.649. The second-order valence-corrected chi connectivity index (χ2v) is 7.96. The van der Waals surface area contributed by atoms with E-state index in [0.717, 1.165) is 25.3 Å². The van der Waals surface area contributed by atoms with Crippen molar-refractivity contribution in [2.45, 2.75) is 71.4 Å². The summed E-state index contributed by atoms with van der Waals surface area (Å²) in [5, 5.41) is 0. The Labute approximate surface area is 134 Å². The summed E-state index contributed by atoms with van der Waals surface area (Å²) in [5.41, 5.74) is 0. The van der Waals surface area contributed by atoms with Gasteiger partial charge in [-0.3, -0.25) is 9.59 Å². The molecule has 3 aliphatic rings. The quantitative estimate of drug-likeness (QED) is 0.787. The predicted molar refractivity (Wildman–Crippen MR) is 86.2 cm³/mol. The monoisotopic (exact) mass is 306 g/mol. The fourth-order valence-corrected chi connectivity index (χ4v) is 4.80. The first-order valence-electron chi connectivity index (χ1n) is 9.07. The molecule has 0 aromatic rings. The van der Waals surface area contributed by atoms with Crippen molar-refractivity contribution in [1.82, 2.24) is 9.80 Å². The summed E-state index contributed by atoms with van der Waals surface area (Å²) in [6.07, 6.45) is 6.50. The number of carbonyl (C=O) groups is 2. The number of carbonyl (C=O) groups excluding carboxylic acids is 2. The zero-order valence-corrected chi connectivity index (χ0v) is 14.3. The zero-order chi connectivity index (χ0) is 15.9. The van der Waals surface area contributed by atoms with E-state index in [1.54, 1.807) is 0 Å². The molecule has 124 valence electrons. The van der Waals surface area contributed by atoms with Gasteiger partial charge in [0.15, 0.2) is 0 Å². The molecule has 0 N–H and O–H groups in total. The molecule has 3 rings (SSSR count). The van der Waals surface area contributed by atoms with Crippen LogP contribution < -0.4 is 0 Å². The number of likely N-dealkylation sites (tertiary alicyclic amines) is 2. The normalized spacial score (nSPS) is 35.9. The van der Waals surface area contributed by atoms with Crippen molar-refractivity contribution < 1.29 is 9.59 Å². The minimum Gasteiger partial charge on any atom is -0.339 e. The van der Waals surface area contributed by atoms with Gasteiger partial charge in [0.1, 0.15) is 0 Å². The maximum atomic E-state index is 13.0. The predicted octanol–water partition coefficient (Wildman–Crippen LogP) is 2.67. The van der Waals surface area contributed by atoms with Gasteiger partial charge in [0, 0.05) is 31.6 Å². The average molecular weight is 306 g/mol. The van der Waals surface area contributed by atoms with Crippen LogP contribution in [0.15, 0.2) is 0 Å². The van der Waals surface area contributed by atoms with E-state index in [0.29, 0.717) is 24.9 Å². The Morgan fingerprint density at radius 2 is 2.00 bits per heavy atom. The maximum Gasteiger partial charge on any atom is 0.228 e. The van der Waals surface area contributed by atoms with E-state index in [2.05, 4.69) is 11.8 Å². The van der Waals surface area contributed by atoms with E-state index in [1.807, 2.05) is 18.7 Å². The smallest absolute Gasteiger partial charge is 0.228 e. The van der Waals surface area contributed by atoms with E-state index in [1.165, 1.54) is 19.3 Å². The second-order valence-electron chi connectivity index (χ2n) is 7.96. The highest BCUT2D eigenvalue weighted by molar-refractivity contribution is 5.89. The standard InChI is InChI=1S/C18H30N2O2/c1-12(2)20-11-15(10-17(20)21)18(22)19-8-4-5-14-9-13(3)6-7-16(14)19/h12-16H,4-11H2,1-3H3/t13-,14+,15+,16-/m1/s1. The summed E-state index contributed by atoms with van der Waals surface area (Å²) in [4.78, 5) is 29.1. The Kier molecular flexibility index (Phi) is 4.47. The number of piperidine rings is 1. The van der Waals surface area contributed by atoms with Crippen LogP contribution in [0.4, 0.5) is 0 Å². The third-order valence-electron chi connectivity index (χ3n) is 5.99. The molecule has 0 aromatic carbocycles. The lowest BCUT2D eigenvalue weighted by molar-refractivity contribution is -0.142. The third-order valence-corrected chi connectivity index (χ3v) is 5.99. The van der Waals surface area contributed by atoms with E-state index >= 15 is 0 Å². The minimum absolute atomic E-state index is 0.104. The molecule has 4 heteroatoms. The van der Waals surface area contributed by atoms with Gasteiger partial charge in [-0.1, -0.05) is 6.92 Å². The molecular weight excluding hydrogens is 276 g/mol. The molecule has 1 aliphatic carbocycles. The molecule has 2 heterocycles. The highest BCUT2D eigenvalue weighted by Gasteiger charge is 2.43. The van der Waals surface area contributed by atoms with Gasteiger partial charge in [0.2, 0.25) is 11.8 Å². The molecule has 4 atom stereocenters. The topological polar surface area (TPSA) is 40.6 Å². The number of rotatable bonds is 2. The van der Waals surface area contributed by atoms with Gasteiger partial charge in [-0.05, 0) is 57.8 Å². The van der Waals surface area contributed by atoms with Gasteiger partial charge in [0.05, 0.1) is 5.92 Å². The Morgan fingerprint density at radius 1 is 1.23 bits per heavy atom. The van der Waals surface area contributed by atoms with Gasteiger partial charge in [0.25, 0.3) is 0 Å². The van der Waals surface area contributed by atoms with Crippen molar-refractivity contribution in [2.75, 3.05) is 13.1 Å². The van der Waals surface area contributed by atoms with Crippen molar-refractivity contribution >= 4 is 11.8 Å². The molecule has 0 unspecified atom stereocenters. The number of nitrogens with zero attached hydrogens (tertiary/aromatic N) is 2. The highest BCUT2D eigenvalue weighted by atomic mass is 16.2. The SMILES string of the molecule is CC(C)N1C[C@@H](C(=O)N2CCC[C@H]3C[C@H](C)CC[C@H]32)CC1=O. The number of hydrogen-bond acceptors (Lipinski definition) is 2. The van der Waals surface area contributed by atoms with Crippen molar-refractivity contribution in [3.05, 3.63) is 0 Å². The van der Waals surface area contributed by atoms with E-state index in [4.69, 9.17) is 0 Å². The minimum atomic E-state index is -0.104. The Bertz CT molecular complexity index is 448. The second kappa shape index (κ2) is 6.21. The van der Waals surface area contributed by atoms with Gasteiger partial charge < -0.3 is 9.80 Å². The molecule has 2 amide bonds. The van der Waals surface area contributed by atoms with Crippen LogP contribution in [0.1, 0.15) is 59.3 Å². The van der Waals surface area contributed by atoms with Gasteiger partial charge in [-0.2, -0.15) is 0 Å².